The number of rotatable bonds is 4. The van der Waals surface area contributed by atoms with Gasteiger partial charge in [0.2, 0.25) is 15.9 Å². The normalized spacial score (nSPS) is 23.2. The average Bonchev–Trinajstić information content (AvgIpc) is 3.00. The van der Waals surface area contributed by atoms with E-state index in [1.165, 1.54) is 10.6 Å². The summed E-state index contributed by atoms with van der Waals surface area (Å²) in [6, 6.07) is 5.27. The summed E-state index contributed by atoms with van der Waals surface area (Å²) in [6.45, 7) is 0.380. The highest BCUT2D eigenvalue weighted by Crippen LogP contribution is 2.36. The molecule has 1 aromatic rings. The third-order valence-corrected chi connectivity index (χ3v) is 6.27. The summed E-state index contributed by atoms with van der Waals surface area (Å²) >= 11 is 0. The van der Waals surface area contributed by atoms with Crippen molar-refractivity contribution in [2.45, 2.75) is 32.1 Å². The first-order valence-electron chi connectivity index (χ1n) is 8.40. The van der Waals surface area contributed by atoms with Crippen LogP contribution >= 0.6 is 0 Å². The van der Waals surface area contributed by atoms with Gasteiger partial charge in [0.15, 0.2) is 0 Å². The van der Waals surface area contributed by atoms with Crippen LogP contribution in [0.3, 0.4) is 0 Å². The van der Waals surface area contributed by atoms with Crippen LogP contribution < -0.4 is 9.62 Å². The molecular weight excluding hydrogens is 344 g/mol. The molecule has 0 atom stereocenters. The molecule has 1 fully saturated rings. The maximum absolute atomic E-state index is 12.5. The predicted octanol–water partition coefficient (Wildman–Crippen LogP) is 1.84. The Balaban J connectivity index is 1.72. The molecule has 0 spiro atoms. The Morgan fingerprint density at radius 2 is 1.80 bits per heavy atom. The Bertz CT molecular complexity index is 797. The lowest BCUT2D eigenvalue weighted by Crippen LogP contribution is -2.29. The second-order valence-electron chi connectivity index (χ2n) is 6.76. The van der Waals surface area contributed by atoms with Crippen LogP contribution in [0.1, 0.15) is 31.2 Å². The summed E-state index contributed by atoms with van der Waals surface area (Å²) in [5.41, 5.74) is 2.10. The molecular formula is C17H22N2O5S. The minimum atomic E-state index is -3.33. The molecule has 25 heavy (non-hydrogen) atoms. The van der Waals surface area contributed by atoms with Crippen molar-refractivity contribution in [2.75, 3.05) is 22.4 Å². The molecule has 1 saturated carbocycles. The van der Waals surface area contributed by atoms with Crippen LogP contribution in [0.5, 0.6) is 0 Å². The molecule has 0 bridgehead atoms. The number of aliphatic carboxylic acids is 1. The number of carboxylic acids is 1. The largest absolute Gasteiger partial charge is 0.481 e. The van der Waals surface area contributed by atoms with Crippen molar-refractivity contribution >= 4 is 33.3 Å². The van der Waals surface area contributed by atoms with Gasteiger partial charge in [-0.1, -0.05) is 6.07 Å². The first kappa shape index (κ1) is 17.7. The van der Waals surface area contributed by atoms with E-state index in [4.69, 9.17) is 5.11 Å². The van der Waals surface area contributed by atoms with E-state index >= 15 is 0 Å². The smallest absolute Gasteiger partial charge is 0.306 e. The maximum atomic E-state index is 12.5. The Labute approximate surface area is 147 Å². The standard InChI is InChI=1S/C17H22N2O5S/c1-25(23,24)19-10-9-13-14(3-2-4-15(13)19)18-16(20)11-5-7-12(8-6-11)17(21)22/h2-4,11-12H,5-10H2,1H3,(H,18,20)(H,21,22). The second kappa shape index (κ2) is 6.67. The van der Waals surface area contributed by atoms with Crippen molar-refractivity contribution in [1.29, 1.82) is 0 Å². The highest BCUT2D eigenvalue weighted by atomic mass is 32.2. The van der Waals surface area contributed by atoms with E-state index in [0.717, 1.165) is 5.56 Å². The van der Waals surface area contributed by atoms with E-state index in [0.29, 0.717) is 50.0 Å². The fourth-order valence-corrected chi connectivity index (χ4v) is 4.66. The zero-order chi connectivity index (χ0) is 18.2. The van der Waals surface area contributed by atoms with E-state index in [-0.39, 0.29) is 17.7 Å². The van der Waals surface area contributed by atoms with E-state index in [1.807, 2.05) is 0 Å². The summed E-state index contributed by atoms with van der Waals surface area (Å²) in [5, 5.41) is 12.0. The average molecular weight is 366 g/mol. The van der Waals surface area contributed by atoms with Gasteiger partial charge in [0.05, 0.1) is 17.9 Å². The van der Waals surface area contributed by atoms with Crippen LogP contribution in [0.4, 0.5) is 11.4 Å². The van der Waals surface area contributed by atoms with E-state index in [9.17, 15) is 18.0 Å². The van der Waals surface area contributed by atoms with Crippen LogP contribution in [-0.4, -0.2) is 38.2 Å². The number of sulfonamides is 1. The highest BCUT2D eigenvalue weighted by Gasteiger charge is 2.31. The Morgan fingerprint density at radius 3 is 2.40 bits per heavy atom. The number of benzene rings is 1. The van der Waals surface area contributed by atoms with Crippen molar-refractivity contribution in [3.05, 3.63) is 23.8 Å². The fraction of sp³-hybridized carbons (Fsp3) is 0.529. The van der Waals surface area contributed by atoms with E-state index in [1.54, 1.807) is 18.2 Å². The number of hydrogen-bond acceptors (Lipinski definition) is 4. The van der Waals surface area contributed by atoms with Crippen molar-refractivity contribution in [1.82, 2.24) is 0 Å². The van der Waals surface area contributed by atoms with E-state index < -0.39 is 16.0 Å². The number of hydrogen-bond donors (Lipinski definition) is 2. The van der Waals surface area contributed by atoms with Crippen molar-refractivity contribution < 1.29 is 23.1 Å². The molecule has 0 unspecified atom stereocenters. The Kier molecular flexibility index (Phi) is 4.73. The molecule has 1 aliphatic heterocycles. The van der Waals surface area contributed by atoms with Crippen LogP contribution in [-0.2, 0) is 26.0 Å². The van der Waals surface area contributed by atoms with Crippen LogP contribution in [0, 0.1) is 11.8 Å². The van der Waals surface area contributed by atoms with E-state index in [2.05, 4.69) is 5.32 Å². The molecule has 1 aliphatic carbocycles. The zero-order valence-corrected chi connectivity index (χ0v) is 14.9. The zero-order valence-electron chi connectivity index (χ0n) is 14.1. The summed E-state index contributed by atoms with van der Waals surface area (Å²) in [7, 11) is -3.33. The number of amides is 1. The van der Waals surface area contributed by atoms with Crippen molar-refractivity contribution in [3.8, 4) is 0 Å². The lowest BCUT2D eigenvalue weighted by molar-refractivity contribution is -0.143. The molecule has 8 heteroatoms. The summed E-state index contributed by atoms with van der Waals surface area (Å²) < 4.78 is 25.1. The molecule has 0 aromatic heterocycles. The molecule has 1 aromatic carbocycles. The van der Waals surface area contributed by atoms with Gasteiger partial charge < -0.3 is 10.4 Å². The molecule has 0 saturated heterocycles. The number of carboxylic acid groups (broad SMARTS) is 1. The number of nitrogens with zero attached hydrogens (tertiary/aromatic N) is 1. The van der Waals surface area contributed by atoms with Gasteiger partial charge in [-0.05, 0) is 44.2 Å². The quantitative estimate of drug-likeness (QED) is 0.846. The van der Waals surface area contributed by atoms with Gasteiger partial charge in [-0.25, -0.2) is 8.42 Å². The van der Waals surface area contributed by atoms with Crippen LogP contribution in [0.2, 0.25) is 0 Å². The first-order chi connectivity index (χ1) is 11.8. The minimum absolute atomic E-state index is 0.116. The Morgan fingerprint density at radius 1 is 1.16 bits per heavy atom. The number of carbonyl (C=O) groups is 2. The third kappa shape index (κ3) is 3.63. The summed E-state index contributed by atoms with van der Waals surface area (Å²) in [4.78, 5) is 23.5. The van der Waals surface area contributed by atoms with Gasteiger partial charge in [0.25, 0.3) is 0 Å². The topological polar surface area (TPSA) is 104 Å². The predicted molar refractivity (Wildman–Crippen MR) is 94.0 cm³/mol. The van der Waals surface area contributed by atoms with Gasteiger partial charge in [0.1, 0.15) is 0 Å². The third-order valence-electron chi connectivity index (χ3n) is 5.09. The molecule has 7 nitrogen and oxygen atoms in total. The van der Waals surface area contributed by atoms with Crippen molar-refractivity contribution in [2.24, 2.45) is 11.8 Å². The highest BCUT2D eigenvalue weighted by molar-refractivity contribution is 7.92. The molecule has 0 radical (unpaired) electrons. The van der Waals surface area contributed by atoms with Gasteiger partial charge in [-0.3, -0.25) is 13.9 Å². The summed E-state index contributed by atoms with van der Waals surface area (Å²) in [6.07, 6.45) is 3.89. The number of nitrogens with one attached hydrogen (secondary N) is 1. The van der Waals surface area contributed by atoms with Gasteiger partial charge in [-0.15, -0.1) is 0 Å². The number of anilines is 2. The lowest BCUT2D eigenvalue weighted by Gasteiger charge is -2.25. The second-order valence-corrected chi connectivity index (χ2v) is 8.67. The van der Waals surface area contributed by atoms with Gasteiger partial charge in [0, 0.05) is 23.7 Å². The molecule has 3 rings (SSSR count). The van der Waals surface area contributed by atoms with Gasteiger partial charge >= 0.3 is 5.97 Å². The molecule has 1 amide bonds. The molecule has 2 N–H and O–H groups in total. The van der Waals surface area contributed by atoms with Gasteiger partial charge in [-0.2, -0.15) is 0 Å². The number of carbonyl (C=O) groups excluding carboxylic acids is 1. The van der Waals surface area contributed by atoms with Crippen molar-refractivity contribution in [3.63, 3.8) is 0 Å². The molecule has 136 valence electrons. The Hall–Kier alpha value is -2.09. The molecule has 2 aliphatic rings. The molecule has 1 heterocycles. The monoisotopic (exact) mass is 366 g/mol. The first-order valence-corrected chi connectivity index (χ1v) is 10.3. The fourth-order valence-electron chi connectivity index (χ4n) is 3.70. The SMILES string of the molecule is CS(=O)(=O)N1CCc2c(NC(=O)C3CCC(C(=O)O)CC3)cccc21. The number of fused-ring (bicyclic) bond motifs is 1. The lowest BCUT2D eigenvalue weighted by atomic mass is 9.81. The van der Waals surface area contributed by atoms with Crippen LogP contribution in [0.25, 0.3) is 0 Å². The minimum Gasteiger partial charge on any atom is -0.481 e. The van der Waals surface area contributed by atoms with Crippen LogP contribution in [0.15, 0.2) is 18.2 Å². The summed E-state index contributed by atoms with van der Waals surface area (Å²) in [5.74, 6) is -1.46. The maximum Gasteiger partial charge on any atom is 0.306 e.